The summed E-state index contributed by atoms with van der Waals surface area (Å²) < 4.78 is 4.84. The van der Waals surface area contributed by atoms with Gasteiger partial charge in [0.1, 0.15) is 0 Å². The van der Waals surface area contributed by atoms with Gasteiger partial charge in [0.05, 0.1) is 0 Å². The van der Waals surface area contributed by atoms with Crippen molar-refractivity contribution >= 4 is 6.19 Å². The Hall–Kier alpha value is 0.371. The third-order valence-corrected chi connectivity index (χ3v) is 22.8. The topological polar surface area (TPSA) is 12.0 Å². The van der Waals surface area contributed by atoms with Gasteiger partial charge in [-0.25, -0.2) is 0 Å². The van der Waals surface area contributed by atoms with Crippen molar-refractivity contribution in [3.05, 3.63) is 22.8 Å². The first kappa shape index (κ1) is 24.6. The number of rotatable bonds is 4. The Morgan fingerprint density at radius 1 is 0.929 bits per heavy atom. The Labute approximate surface area is 183 Å². The first-order chi connectivity index (χ1) is 13.3. The van der Waals surface area contributed by atoms with Gasteiger partial charge >= 0.3 is 184 Å². The molecule has 0 aromatic heterocycles. The van der Waals surface area contributed by atoms with Gasteiger partial charge in [-0.15, -0.1) is 0 Å². The molecule has 2 rings (SSSR count). The molecule has 1 nitrogen and oxygen atoms in total. The summed E-state index contributed by atoms with van der Waals surface area (Å²) in [6.45, 7) is 17.4. The van der Waals surface area contributed by atoms with E-state index in [1.165, 1.54) is 70.6 Å². The molecule has 0 radical (unpaired) electrons. The fraction of sp³-hybridized carbons (Fsp3) is 0.840. The van der Waals surface area contributed by atoms with Crippen LogP contribution in [0.15, 0.2) is 22.8 Å². The van der Waals surface area contributed by atoms with E-state index in [1.54, 1.807) is 16.7 Å². The average molecular weight is 438 g/mol. The van der Waals surface area contributed by atoms with Gasteiger partial charge in [0.15, 0.2) is 0 Å². The number of allylic oxidation sites excluding steroid dienone is 4. The Balaban J connectivity index is 2.25. The maximum atomic E-state index is 4.48. The van der Waals surface area contributed by atoms with E-state index >= 15 is 0 Å². The summed E-state index contributed by atoms with van der Waals surface area (Å²) in [6, 6.07) is 0.785. The SMILES string of the molecule is CC1=C[C](C)([Ti]([NH]C2CCCCCCCCCCC2)=[Si](C)C(C)C)C(C)=C1C. The molecule has 0 bridgehead atoms. The third-order valence-electron chi connectivity index (χ3n) is 7.67. The standard InChI is InChI=1S/C12H24N.C9H13.C4H10Si.Ti/c13-12-10-8-6-4-2-1-3-5-7-9-11-12;1-6-5-7(2)9(4)8(6)3;1-4(2)5-3;/h12-13H,1-11H2;5H,1-4H3;4H,1-3H3;/q-1;;;+1. The number of hydrogen-bond donors (Lipinski definition) is 1. The Kier molecular flexibility index (Phi) is 10.3. The second-order valence-electron chi connectivity index (χ2n) is 10.1. The molecule has 0 aromatic carbocycles. The normalized spacial score (nSPS) is 27.4. The van der Waals surface area contributed by atoms with Crippen molar-refractivity contribution < 1.29 is 16.9 Å². The van der Waals surface area contributed by atoms with Crippen LogP contribution in [-0.2, 0) is 16.9 Å². The monoisotopic (exact) mass is 437 g/mol. The summed E-state index contributed by atoms with van der Waals surface area (Å²) in [5.74, 6) is 0. The number of hydrogen-bond acceptors (Lipinski definition) is 1. The molecule has 1 unspecified atom stereocenters. The fourth-order valence-electron chi connectivity index (χ4n) is 5.07. The number of nitrogens with one attached hydrogen (secondary N) is 1. The van der Waals surface area contributed by atoms with E-state index in [0.29, 0.717) is 3.72 Å². The van der Waals surface area contributed by atoms with E-state index in [4.69, 9.17) is 0 Å². The van der Waals surface area contributed by atoms with Gasteiger partial charge in [0.25, 0.3) is 0 Å². The van der Waals surface area contributed by atoms with Crippen LogP contribution >= 0.6 is 0 Å². The van der Waals surface area contributed by atoms with Crippen LogP contribution in [0.3, 0.4) is 0 Å². The minimum absolute atomic E-state index is 0.336. The molecule has 2 aliphatic carbocycles. The molecule has 0 amide bonds. The van der Waals surface area contributed by atoms with E-state index in [2.05, 4.69) is 58.0 Å². The van der Waals surface area contributed by atoms with Gasteiger partial charge in [-0.05, 0) is 0 Å². The summed E-state index contributed by atoms with van der Waals surface area (Å²) in [6.07, 6.45) is 18.3. The molecule has 28 heavy (non-hydrogen) atoms. The third kappa shape index (κ3) is 6.43. The first-order valence-corrected chi connectivity index (χ1v) is 18.1. The van der Waals surface area contributed by atoms with Gasteiger partial charge < -0.3 is 0 Å². The summed E-state index contributed by atoms with van der Waals surface area (Å²) >= 11 is -1.48. The van der Waals surface area contributed by atoms with E-state index in [9.17, 15) is 0 Å². The van der Waals surface area contributed by atoms with Crippen LogP contribution in [0.4, 0.5) is 0 Å². The molecule has 1 saturated carbocycles. The van der Waals surface area contributed by atoms with Crippen molar-refractivity contribution in [1.82, 2.24) is 3.80 Å². The van der Waals surface area contributed by atoms with Crippen LogP contribution in [0.2, 0.25) is 15.8 Å². The van der Waals surface area contributed by atoms with E-state index in [0.717, 1.165) is 11.6 Å². The predicted octanol–water partition coefficient (Wildman–Crippen LogP) is 8.29. The first-order valence-electron chi connectivity index (χ1n) is 12.1. The second kappa shape index (κ2) is 11.7. The predicted molar refractivity (Wildman–Crippen MR) is 125 cm³/mol. The zero-order chi connectivity index (χ0) is 20.7. The van der Waals surface area contributed by atoms with Crippen molar-refractivity contribution in [1.29, 1.82) is 0 Å². The minimum atomic E-state index is -1.48. The van der Waals surface area contributed by atoms with Crippen LogP contribution < -0.4 is 3.80 Å². The molecule has 3 heteroatoms. The van der Waals surface area contributed by atoms with Crippen LogP contribution in [0.5, 0.6) is 0 Å². The molecule has 0 aliphatic heterocycles. The van der Waals surface area contributed by atoms with Crippen LogP contribution in [0.1, 0.15) is 112 Å². The van der Waals surface area contributed by atoms with Crippen molar-refractivity contribution in [2.45, 2.75) is 134 Å². The summed E-state index contributed by atoms with van der Waals surface area (Å²) in [5, 5.41) is 0. The zero-order valence-electron chi connectivity index (χ0n) is 20.0. The van der Waals surface area contributed by atoms with E-state index in [1.807, 2.05) is 0 Å². The zero-order valence-corrected chi connectivity index (χ0v) is 22.6. The molecule has 0 saturated heterocycles. The van der Waals surface area contributed by atoms with Crippen molar-refractivity contribution in [2.24, 2.45) is 0 Å². The van der Waals surface area contributed by atoms with E-state index < -0.39 is 16.9 Å². The van der Waals surface area contributed by atoms with Crippen molar-refractivity contribution in [3.8, 4) is 0 Å². The molecule has 0 heterocycles. The molecule has 1 fully saturated rings. The van der Waals surface area contributed by atoms with Gasteiger partial charge in [-0.2, -0.15) is 0 Å². The van der Waals surface area contributed by atoms with Gasteiger partial charge in [0, 0.05) is 0 Å². The summed E-state index contributed by atoms with van der Waals surface area (Å²) in [7, 11) is 0. The molecular weight excluding hydrogens is 390 g/mol. The van der Waals surface area contributed by atoms with Gasteiger partial charge in [0.2, 0.25) is 0 Å². The molecule has 1 atom stereocenters. The fourth-order valence-corrected chi connectivity index (χ4v) is 19.2. The second-order valence-corrected chi connectivity index (χ2v) is 21.6. The molecule has 160 valence electrons. The van der Waals surface area contributed by atoms with Crippen LogP contribution in [0.25, 0.3) is 0 Å². The van der Waals surface area contributed by atoms with Gasteiger partial charge in [-0.1, -0.05) is 0 Å². The summed E-state index contributed by atoms with van der Waals surface area (Å²) in [4.78, 5) is 0. The average Bonchev–Trinajstić information content (AvgIpc) is 2.84. The van der Waals surface area contributed by atoms with Crippen LogP contribution in [0, 0.1) is 0 Å². The van der Waals surface area contributed by atoms with Crippen LogP contribution in [-0.4, -0.2) is 12.2 Å². The molecular formula is C25H47NSiTi. The molecule has 0 aromatic rings. The van der Waals surface area contributed by atoms with Gasteiger partial charge in [-0.3, -0.25) is 0 Å². The molecule has 1 N–H and O–H groups in total. The van der Waals surface area contributed by atoms with E-state index in [-0.39, 0.29) is 6.19 Å². The quantitative estimate of drug-likeness (QED) is 0.436. The summed E-state index contributed by atoms with van der Waals surface area (Å²) in [5.41, 5.74) is 5.68. The molecule has 0 spiro atoms. The maximum absolute atomic E-state index is 4.48. The Bertz CT molecular complexity index is 604. The van der Waals surface area contributed by atoms with Crippen molar-refractivity contribution in [2.75, 3.05) is 0 Å². The Morgan fingerprint density at radius 2 is 1.39 bits per heavy atom. The van der Waals surface area contributed by atoms with Crippen molar-refractivity contribution in [3.63, 3.8) is 0 Å². The Morgan fingerprint density at radius 3 is 1.79 bits per heavy atom. The molecule has 2 aliphatic rings.